The molecule has 0 spiro atoms. The highest BCUT2D eigenvalue weighted by molar-refractivity contribution is 7.89. The second-order valence-corrected chi connectivity index (χ2v) is 8.31. The summed E-state index contributed by atoms with van der Waals surface area (Å²) in [6.07, 6.45) is 3.04. The molecule has 1 aromatic heterocycles. The second-order valence-electron chi connectivity index (χ2n) is 6.43. The number of fused-ring (bicyclic) bond motifs is 1. The Balaban J connectivity index is 1.68. The van der Waals surface area contributed by atoms with Gasteiger partial charge in [-0.05, 0) is 50.7 Å². The lowest BCUT2D eigenvalue weighted by molar-refractivity contribution is -0.117. The van der Waals surface area contributed by atoms with Crippen molar-refractivity contribution >= 4 is 33.0 Å². The Kier molecular flexibility index (Phi) is 5.67. The number of amides is 1. The van der Waals surface area contributed by atoms with E-state index in [1.807, 2.05) is 38.1 Å². The van der Waals surface area contributed by atoms with Crippen molar-refractivity contribution in [2.75, 3.05) is 7.05 Å². The number of benzene rings is 2. The first kappa shape index (κ1) is 19.9. The molecular formula is C21H22N2O4S. The lowest BCUT2D eigenvalue weighted by atomic mass is 10.1. The lowest BCUT2D eigenvalue weighted by Crippen LogP contribution is -2.24. The van der Waals surface area contributed by atoms with Crippen LogP contribution in [0.15, 0.2) is 63.9 Å². The number of hydrogen-bond donors (Lipinski definition) is 2. The van der Waals surface area contributed by atoms with Gasteiger partial charge in [-0.1, -0.05) is 30.3 Å². The van der Waals surface area contributed by atoms with Crippen molar-refractivity contribution in [2.24, 2.45) is 0 Å². The smallest absolute Gasteiger partial charge is 0.244 e. The van der Waals surface area contributed by atoms with Crippen LogP contribution in [0.5, 0.6) is 0 Å². The lowest BCUT2D eigenvalue weighted by Gasteiger charge is -2.10. The van der Waals surface area contributed by atoms with E-state index in [1.165, 1.54) is 25.3 Å². The van der Waals surface area contributed by atoms with Gasteiger partial charge in [0.1, 0.15) is 11.3 Å². The minimum Gasteiger partial charge on any atom is -0.459 e. The van der Waals surface area contributed by atoms with Gasteiger partial charge in [0.2, 0.25) is 15.9 Å². The number of aryl methyl sites for hydroxylation is 1. The van der Waals surface area contributed by atoms with E-state index < -0.39 is 10.0 Å². The van der Waals surface area contributed by atoms with E-state index in [9.17, 15) is 13.2 Å². The van der Waals surface area contributed by atoms with E-state index >= 15 is 0 Å². The zero-order chi connectivity index (χ0) is 20.3. The molecule has 0 aliphatic carbocycles. The van der Waals surface area contributed by atoms with Gasteiger partial charge < -0.3 is 9.73 Å². The van der Waals surface area contributed by atoms with Gasteiger partial charge >= 0.3 is 0 Å². The van der Waals surface area contributed by atoms with Crippen molar-refractivity contribution in [3.8, 4) is 0 Å². The standard InChI is InChI=1S/C21H22N2O4S/c1-14-18-6-4-5-7-19(18)27-21(14)15(2)23-20(24)13-10-16-8-11-17(12-9-16)28(25,26)22-3/h4-13,15,22H,1-3H3,(H,23,24)/b13-10+. The van der Waals surface area contributed by atoms with Gasteiger partial charge in [0.25, 0.3) is 0 Å². The molecule has 1 atom stereocenters. The number of rotatable bonds is 6. The zero-order valence-electron chi connectivity index (χ0n) is 15.9. The summed E-state index contributed by atoms with van der Waals surface area (Å²) in [6.45, 7) is 3.84. The molecule has 0 fully saturated rings. The van der Waals surface area contributed by atoms with E-state index in [0.29, 0.717) is 0 Å². The quantitative estimate of drug-likeness (QED) is 0.622. The van der Waals surface area contributed by atoms with Gasteiger partial charge in [-0.15, -0.1) is 0 Å². The number of carbonyl (C=O) groups is 1. The SMILES string of the molecule is CNS(=O)(=O)c1ccc(/C=C/C(=O)NC(C)c2oc3ccccc3c2C)cc1. The summed E-state index contributed by atoms with van der Waals surface area (Å²) in [6, 6.07) is 13.7. The fourth-order valence-corrected chi connectivity index (χ4v) is 3.71. The monoisotopic (exact) mass is 398 g/mol. The highest BCUT2D eigenvalue weighted by atomic mass is 32.2. The Morgan fingerprint density at radius 2 is 1.79 bits per heavy atom. The minimum absolute atomic E-state index is 0.172. The molecule has 0 saturated heterocycles. The van der Waals surface area contributed by atoms with Crippen molar-refractivity contribution in [2.45, 2.75) is 24.8 Å². The van der Waals surface area contributed by atoms with Gasteiger partial charge in [-0.2, -0.15) is 0 Å². The molecule has 1 amide bonds. The Bertz CT molecular complexity index is 1130. The molecule has 2 N–H and O–H groups in total. The van der Waals surface area contributed by atoms with Crippen LogP contribution in [0.3, 0.4) is 0 Å². The van der Waals surface area contributed by atoms with Crippen LogP contribution in [-0.2, 0) is 14.8 Å². The van der Waals surface area contributed by atoms with Crippen LogP contribution in [0.2, 0.25) is 0 Å². The van der Waals surface area contributed by atoms with Crippen molar-refractivity contribution in [3.05, 3.63) is 71.5 Å². The summed E-state index contributed by atoms with van der Waals surface area (Å²) in [5.41, 5.74) is 2.52. The number of hydrogen-bond acceptors (Lipinski definition) is 4. The maximum Gasteiger partial charge on any atom is 0.244 e. The molecule has 146 valence electrons. The normalized spacial score (nSPS) is 13.1. The van der Waals surface area contributed by atoms with Crippen LogP contribution in [-0.4, -0.2) is 21.4 Å². The summed E-state index contributed by atoms with van der Waals surface area (Å²) in [7, 11) is -2.11. The van der Waals surface area contributed by atoms with Gasteiger partial charge in [0.05, 0.1) is 10.9 Å². The maximum absolute atomic E-state index is 12.3. The number of para-hydroxylation sites is 1. The van der Waals surface area contributed by atoms with Gasteiger partial charge in [-0.25, -0.2) is 13.1 Å². The molecule has 7 heteroatoms. The highest BCUT2D eigenvalue weighted by Crippen LogP contribution is 2.29. The summed E-state index contributed by atoms with van der Waals surface area (Å²) in [4.78, 5) is 12.4. The van der Waals surface area contributed by atoms with E-state index in [4.69, 9.17) is 4.42 Å². The Labute approximate surface area is 164 Å². The Morgan fingerprint density at radius 1 is 1.11 bits per heavy atom. The van der Waals surface area contributed by atoms with Crippen LogP contribution in [0.25, 0.3) is 17.0 Å². The fourth-order valence-electron chi connectivity index (χ4n) is 2.98. The highest BCUT2D eigenvalue weighted by Gasteiger charge is 2.17. The molecule has 0 aliphatic rings. The molecular weight excluding hydrogens is 376 g/mol. The van der Waals surface area contributed by atoms with E-state index in [-0.39, 0.29) is 16.8 Å². The molecule has 1 heterocycles. The third-order valence-corrected chi connectivity index (χ3v) is 5.95. The van der Waals surface area contributed by atoms with Crippen molar-refractivity contribution in [1.82, 2.24) is 10.0 Å². The van der Waals surface area contributed by atoms with Gasteiger partial charge in [-0.3, -0.25) is 4.79 Å². The largest absolute Gasteiger partial charge is 0.459 e. The first-order valence-corrected chi connectivity index (χ1v) is 10.3. The third kappa shape index (κ3) is 4.16. The van der Waals surface area contributed by atoms with Crippen LogP contribution >= 0.6 is 0 Å². The average Bonchev–Trinajstić information content (AvgIpc) is 3.04. The molecule has 3 aromatic rings. The number of sulfonamides is 1. The topological polar surface area (TPSA) is 88.4 Å². The van der Waals surface area contributed by atoms with Crippen molar-refractivity contribution < 1.29 is 17.6 Å². The molecule has 0 bridgehead atoms. The predicted molar refractivity (Wildman–Crippen MR) is 109 cm³/mol. The zero-order valence-corrected chi connectivity index (χ0v) is 16.7. The van der Waals surface area contributed by atoms with E-state index in [2.05, 4.69) is 10.0 Å². The summed E-state index contributed by atoms with van der Waals surface area (Å²) >= 11 is 0. The summed E-state index contributed by atoms with van der Waals surface area (Å²) in [5.74, 6) is 0.462. The van der Waals surface area contributed by atoms with Crippen LogP contribution < -0.4 is 10.0 Å². The predicted octanol–water partition coefficient (Wildman–Crippen LogP) is 3.54. The molecule has 0 radical (unpaired) electrons. The molecule has 0 aliphatic heterocycles. The Morgan fingerprint density at radius 3 is 2.43 bits per heavy atom. The van der Waals surface area contributed by atoms with E-state index in [1.54, 1.807) is 18.2 Å². The molecule has 6 nitrogen and oxygen atoms in total. The number of carbonyl (C=O) groups excluding carboxylic acids is 1. The van der Waals surface area contributed by atoms with Crippen LogP contribution in [0.4, 0.5) is 0 Å². The van der Waals surface area contributed by atoms with Gasteiger partial charge in [0, 0.05) is 17.0 Å². The van der Waals surface area contributed by atoms with Crippen LogP contribution in [0.1, 0.15) is 29.9 Å². The van der Waals surface area contributed by atoms with Crippen molar-refractivity contribution in [3.63, 3.8) is 0 Å². The number of furan rings is 1. The molecule has 3 rings (SSSR count). The molecule has 0 saturated carbocycles. The second kappa shape index (κ2) is 8.00. The van der Waals surface area contributed by atoms with E-state index in [0.717, 1.165) is 27.9 Å². The first-order chi connectivity index (χ1) is 13.3. The fraction of sp³-hybridized carbons (Fsp3) is 0.190. The third-order valence-electron chi connectivity index (χ3n) is 4.52. The molecule has 28 heavy (non-hydrogen) atoms. The maximum atomic E-state index is 12.3. The Hall–Kier alpha value is -2.90. The number of nitrogens with one attached hydrogen (secondary N) is 2. The average molecular weight is 398 g/mol. The molecule has 2 aromatic carbocycles. The van der Waals surface area contributed by atoms with Crippen molar-refractivity contribution in [1.29, 1.82) is 0 Å². The summed E-state index contributed by atoms with van der Waals surface area (Å²) in [5, 5.41) is 3.92. The van der Waals surface area contributed by atoms with Crippen LogP contribution in [0, 0.1) is 6.92 Å². The first-order valence-electron chi connectivity index (χ1n) is 8.82. The summed E-state index contributed by atoms with van der Waals surface area (Å²) < 4.78 is 31.6. The molecule has 1 unspecified atom stereocenters. The van der Waals surface area contributed by atoms with Gasteiger partial charge in [0.15, 0.2) is 0 Å². The minimum atomic E-state index is -3.47.